The van der Waals surface area contributed by atoms with E-state index in [-0.39, 0.29) is 103 Å². The van der Waals surface area contributed by atoms with Gasteiger partial charge in [-0.3, -0.25) is 0 Å². The number of rotatable bonds is 8. The number of hydrogen-bond acceptors (Lipinski definition) is 14. The molecule has 0 spiro atoms. The first kappa shape index (κ1) is 42.3. The molecule has 0 aliphatic carbocycles. The van der Waals surface area contributed by atoms with Crippen LogP contribution >= 0.6 is 0 Å². The largest absolute Gasteiger partial charge is 2.00 e. The molecule has 0 heterocycles. The molecule has 18 nitrogen and oxygen atoms in total. The van der Waals surface area contributed by atoms with Crippen LogP contribution in [0.3, 0.4) is 0 Å². The molecule has 6 rings (SSSR count). The van der Waals surface area contributed by atoms with Gasteiger partial charge in [0.2, 0.25) is 0 Å². The number of hydrogen-bond donors (Lipinski definition) is 4. The van der Waals surface area contributed by atoms with Gasteiger partial charge in [0.25, 0.3) is 9.85 Å². The zero-order chi connectivity index (χ0) is 39.5. The Labute approximate surface area is 341 Å². The summed E-state index contributed by atoms with van der Waals surface area (Å²) >= 11 is 0. The van der Waals surface area contributed by atoms with Crippen LogP contribution < -0.4 is 0 Å². The maximum atomic E-state index is 11.5. The molecule has 6 aromatic carbocycles. The number of azo groups is 2. The van der Waals surface area contributed by atoms with E-state index in [0.29, 0.717) is 0 Å². The molecule has 0 fully saturated rings. The van der Waals surface area contributed by atoms with Gasteiger partial charge in [0.1, 0.15) is 43.1 Å². The Hall–Kier alpha value is -5.48. The summed E-state index contributed by atoms with van der Waals surface area (Å²) in [4.78, 5) is 20.6. The SMILES string of the molecule is Cc1ccc([N+](=O)O)c(N=Nc2c(O)cc(S(=O)(=O)[O-])c3ccccc23)c1.Cc1ccc([N+](=O)O)c(N=Nc2c(O)cc(S(=O)(=O)[O-])c3ccccc23)c1.[Ca+2]. The van der Waals surface area contributed by atoms with Crippen molar-refractivity contribution in [1.82, 2.24) is 0 Å². The number of phenols is 2. The van der Waals surface area contributed by atoms with Gasteiger partial charge < -0.3 is 19.3 Å². The van der Waals surface area contributed by atoms with E-state index in [4.69, 9.17) is 0 Å². The van der Waals surface area contributed by atoms with Crippen LogP contribution in [-0.2, 0) is 20.2 Å². The molecule has 0 atom stereocenters. The summed E-state index contributed by atoms with van der Waals surface area (Å²) in [5.74, 6) is -1.13. The molecule has 0 bridgehead atoms. The van der Waals surface area contributed by atoms with Gasteiger partial charge in [0, 0.05) is 45.8 Å². The van der Waals surface area contributed by atoms with Crippen molar-refractivity contribution < 1.29 is 56.4 Å². The Kier molecular flexibility index (Phi) is 13.0. The summed E-state index contributed by atoms with van der Waals surface area (Å²) in [6.07, 6.45) is 0. The Morgan fingerprint density at radius 3 is 1.16 bits per heavy atom. The molecule has 0 unspecified atom stereocenters. The topological polar surface area (TPSA) is 285 Å². The summed E-state index contributed by atoms with van der Waals surface area (Å²) in [5, 5.41) is 54.9. The maximum absolute atomic E-state index is 11.5. The van der Waals surface area contributed by atoms with Crippen molar-refractivity contribution in [2.24, 2.45) is 20.5 Å². The maximum Gasteiger partial charge on any atom is 2.00 e. The molecule has 0 amide bonds. The van der Waals surface area contributed by atoms with Crippen LogP contribution in [0.25, 0.3) is 21.5 Å². The standard InChI is InChI=1S/2C17H13N3O6S.Ca/c2*1-10-6-7-14(20(22)23)13(8-10)18-19-17-12-5-3-2-4-11(12)16(9-15(17)21)27(24,25)26;/h2*2-9H,1H3,(H2-,18,21,22,23,24,25,26);/q;;+2. The summed E-state index contributed by atoms with van der Waals surface area (Å²) in [5.41, 5.74) is 1.08. The quantitative estimate of drug-likeness (QED) is 0.0501. The predicted octanol–water partition coefficient (Wildman–Crippen LogP) is 7.57. The molecular formula is C34H26CaN6O12S2+2. The summed E-state index contributed by atoms with van der Waals surface area (Å²) in [6, 6.07) is 22.5. The predicted molar refractivity (Wildman–Crippen MR) is 194 cm³/mol. The number of benzene rings is 6. The molecular weight excluding hydrogens is 789 g/mol. The van der Waals surface area contributed by atoms with Crippen molar-refractivity contribution >= 4 is 114 Å². The van der Waals surface area contributed by atoms with Gasteiger partial charge in [-0.2, -0.15) is 0 Å². The van der Waals surface area contributed by atoms with Crippen molar-refractivity contribution in [1.29, 1.82) is 0 Å². The Morgan fingerprint density at radius 2 is 0.855 bits per heavy atom. The van der Waals surface area contributed by atoms with Gasteiger partial charge in [-0.15, -0.1) is 20.5 Å². The first-order chi connectivity index (χ1) is 25.4. The smallest absolute Gasteiger partial charge is 0.744 e. The fourth-order valence-corrected chi connectivity index (χ4v) is 6.61. The number of phenolic OH excluding ortho intramolecular Hbond substituents is 2. The Bertz CT molecular complexity index is 2610. The van der Waals surface area contributed by atoms with E-state index in [1.165, 1.54) is 60.7 Å². The fraction of sp³-hybridized carbons (Fsp3) is 0.0588. The molecule has 0 aromatic heterocycles. The first-order valence-corrected chi connectivity index (χ1v) is 18.0. The average Bonchev–Trinajstić information content (AvgIpc) is 3.09. The second kappa shape index (κ2) is 16.9. The molecule has 0 saturated heterocycles. The van der Waals surface area contributed by atoms with Crippen molar-refractivity contribution in [3.8, 4) is 11.5 Å². The minimum atomic E-state index is -4.82. The first-order valence-electron chi connectivity index (χ1n) is 15.1. The van der Waals surface area contributed by atoms with Crippen molar-refractivity contribution in [2.75, 3.05) is 0 Å². The third-order valence-corrected chi connectivity index (χ3v) is 9.40. The van der Waals surface area contributed by atoms with E-state index in [1.807, 2.05) is 0 Å². The van der Waals surface area contributed by atoms with Gasteiger partial charge in [-0.05, 0) is 37.1 Å². The third kappa shape index (κ3) is 9.61. The van der Waals surface area contributed by atoms with Crippen LogP contribution in [0.1, 0.15) is 11.1 Å². The molecule has 0 aliphatic rings. The van der Waals surface area contributed by atoms with E-state index in [9.17, 15) is 56.4 Å². The average molecular weight is 815 g/mol. The fourth-order valence-electron chi connectivity index (χ4n) is 5.21. The normalized spacial score (nSPS) is 11.7. The molecule has 276 valence electrons. The third-order valence-electron chi connectivity index (χ3n) is 7.64. The minimum absolute atomic E-state index is 0. The molecule has 0 radical (unpaired) electrons. The van der Waals surface area contributed by atoms with Gasteiger partial charge in [0.05, 0.1) is 19.6 Å². The molecule has 4 N–H and O–H groups in total. The zero-order valence-electron chi connectivity index (χ0n) is 28.5. The Morgan fingerprint density at radius 1 is 0.527 bits per heavy atom. The van der Waals surface area contributed by atoms with Crippen molar-refractivity contribution in [2.45, 2.75) is 23.6 Å². The van der Waals surface area contributed by atoms with Crippen molar-refractivity contribution in [3.63, 3.8) is 0 Å². The van der Waals surface area contributed by atoms with Crippen LogP contribution in [-0.4, -0.2) is 94.2 Å². The Balaban J connectivity index is 0.000000240. The van der Waals surface area contributed by atoms with Crippen LogP contribution in [0.4, 0.5) is 34.1 Å². The monoisotopic (exact) mass is 814 g/mol. The van der Waals surface area contributed by atoms with Crippen LogP contribution in [0.2, 0.25) is 0 Å². The van der Waals surface area contributed by atoms with E-state index in [1.54, 1.807) is 38.1 Å². The summed E-state index contributed by atoms with van der Waals surface area (Å²) in [7, 11) is -9.65. The van der Waals surface area contributed by atoms with Gasteiger partial charge >= 0.3 is 49.1 Å². The second-order valence-electron chi connectivity index (χ2n) is 11.4. The number of fused-ring (bicyclic) bond motifs is 2. The number of nitrogens with zero attached hydrogens (tertiary/aromatic N) is 6. The van der Waals surface area contributed by atoms with Crippen LogP contribution in [0.5, 0.6) is 11.5 Å². The molecule has 6 aromatic rings. The molecule has 0 aliphatic heterocycles. The van der Waals surface area contributed by atoms with Gasteiger partial charge in [-0.25, -0.2) is 27.3 Å². The summed E-state index contributed by atoms with van der Waals surface area (Å²) in [6.45, 7) is 3.49. The van der Waals surface area contributed by atoms with Crippen LogP contribution in [0, 0.1) is 23.7 Å². The van der Waals surface area contributed by atoms with E-state index < -0.39 is 41.5 Å². The van der Waals surface area contributed by atoms with E-state index >= 15 is 0 Å². The summed E-state index contributed by atoms with van der Waals surface area (Å²) < 4.78 is 68.7. The molecule has 55 heavy (non-hydrogen) atoms. The number of aryl methyl sites for hydroxylation is 2. The van der Waals surface area contributed by atoms with Gasteiger partial charge in [0.15, 0.2) is 11.4 Å². The van der Waals surface area contributed by atoms with Crippen LogP contribution in [0.15, 0.2) is 127 Å². The second-order valence-corrected chi connectivity index (χ2v) is 14.1. The molecule has 21 heteroatoms. The van der Waals surface area contributed by atoms with E-state index in [2.05, 4.69) is 20.5 Å². The van der Waals surface area contributed by atoms with Gasteiger partial charge in [-0.1, -0.05) is 60.7 Å². The minimum Gasteiger partial charge on any atom is -0.744 e. The molecule has 0 saturated carbocycles. The van der Waals surface area contributed by atoms with Crippen molar-refractivity contribution in [3.05, 3.63) is 118 Å². The van der Waals surface area contributed by atoms with E-state index in [0.717, 1.165) is 23.3 Å². The number of aromatic hydroxyl groups is 2. The zero-order valence-corrected chi connectivity index (χ0v) is 32.3.